The average Bonchev–Trinajstić information content (AvgIpc) is 3.79. The highest BCUT2D eigenvalue weighted by Crippen LogP contribution is 2.34. The number of allylic oxidation sites excluding steroid dienone is 2. The van der Waals surface area contributed by atoms with Crippen molar-refractivity contribution in [2.45, 2.75) is 77.4 Å². The molecule has 2 heterocycles. The second-order valence-corrected chi connectivity index (χ2v) is 12.4. The molecule has 5 nitrogen and oxygen atoms in total. The third kappa shape index (κ3) is 7.43. The molecule has 5 heteroatoms. The molecule has 4 aliphatic rings. The summed E-state index contributed by atoms with van der Waals surface area (Å²) in [5.41, 5.74) is 13.0. The number of hydrogen-bond acceptors (Lipinski definition) is 5. The van der Waals surface area contributed by atoms with Crippen LogP contribution in [-0.2, 0) is 32.2 Å². The topological polar surface area (TPSA) is 58.1 Å². The van der Waals surface area contributed by atoms with E-state index in [9.17, 15) is 4.79 Å². The zero-order chi connectivity index (χ0) is 31.0. The van der Waals surface area contributed by atoms with Gasteiger partial charge in [0, 0.05) is 30.5 Å². The minimum atomic E-state index is 0. The Morgan fingerprint density at radius 2 is 1.43 bits per heavy atom. The summed E-state index contributed by atoms with van der Waals surface area (Å²) in [5, 5.41) is 3.30. The number of aldehydes is 1. The zero-order valence-electron chi connectivity index (χ0n) is 26.6. The highest BCUT2D eigenvalue weighted by atomic mass is 16.1. The van der Waals surface area contributed by atoms with Crippen LogP contribution in [0.15, 0.2) is 85.2 Å². The Bertz CT molecular complexity index is 1690. The first-order valence-corrected chi connectivity index (χ1v) is 16.4. The fourth-order valence-electron chi connectivity index (χ4n) is 7.22. The molecule has 0 amide bonds. The molecule has 0 bridgehead atoms. The van der Waals surface area contributed by atoms with E-state index in [1.54, 1.807) is 0 Å². The number of carbonyl (C=O) groups excluding carboxylic acids is 1. The molecular formula is C41H48N4O. The second kappa shape index (κ2) is 15.9. The first kappa shape index (κ1) is 33.2. The molecule has 1 N–H and O–H groups in total. The van der Waals surface area contributed by atoms with Crippen molar-refractivity contribution in [3.63, 3.8) is 0 Å². The maximum Gasteiger partial charge on any atom is 0.150 e. The second-order valence-electron chi connectivity index (χ2n) is 12.4. The fourth-order valence-corrected chi connectivity index (χ4v) is 7.22. The predicted octanol–water partition coefficient (Wildman–Crippen LogP) is 8.54. The molecule has 2 atom stereocenters. The molecule has 4 aromatic rings. The quantitative estimate of drug-likeness (QED) is 0.229. The fraction of sp³-hybridized carbons (Fsp3) is 0.341. The number of aryl methyl sites for hydroxylation is 2. The van der Waals surface area contributed by atoms with Crippen molar-refractivity contribution in [2.24, 2.45) is 0 Å². The Hall–Kier alpha value is -4.19. The summed E-state index contributed by atoms with van der Waals surface area (Å²) >= 11 is 0. The lowest BCUT2D eigenvalue weighted by molar-refractivity contribution is 0.112. The molecule has 4 aliphatic carbocycles. The van der Waals surface area contributed by atoms with Gasteiger partial charge in [0.05, 0.1) is 17.4 Å². The van der Waals surface area contributed by atoms with Crippen LogP contribution in [0, 0.1) is 0 Å². The van der Waals surface area contributed by atoms with E-state index in [-0.39, 0.29) is 7.43 Å². The van der Waals surface area contributed by atoms with Gasteiger partial charge >= 0.3 is 0 Å². The van der Waals surface area contributed by atoms with Gasteiger partial charge in [-0.05, 0) is 117 Å². The smallest absolute Gasteiger partial charge is 0.150 e. The van der Waals surface area contributed by atoms with Crippen molar-refractivity contribution < 1.29 is 4.79 Å². The van der Waals surface area contributed by atoms with Gasteiger partial charge in [-0.1, -0.05) is 80.3 Å². The summed E-state index contributed by atoms with van der Waals surface area (Å²) < 4.78 is 0. The lowest BCUT2D eigenvalue weighted by atomic mass is 9.90. The van der Waals surface area contributed by atoms with Gasteiger partial charge in [0.2, 0.25) is 0 Å². The van der Waals surface area contributed by atoms with Gasteiger partial charge in [-0.2, -0.15) is 0 Å². The van der Waals surface area contributed by atoms with Crippen molar-refractivity contribution in [3.8, 4) is 0 Å². The van der Waals surface area contributed by atoms with Crippen LogP contribution in [0.1, 0.15) is 106 Å². The monoisotopic (exact) mass is 612 g/mol. The van der Waals surface area contributed by atoms with Gasteiger partial charge in [0.25, 0.3) is 0 Å². The number of hydrogen-bond donors (Lipinski definition) is 1. The maximum absolute atomic E-state index is 10.5. The van der Waals surface area contributed by atoms with Gasteiger partial charge < -0.3 is 5.32 Å². The SMILES string of the molecule is C.CN(Cc1cccc2c1CC=C2)C1CCCc2cccnc21.CNC1CCCc2cccnc21.O=Cc1cccc2c1CC=C2. The molecule has 2 aromatic heterocycles. The van der Waals surface area contributed by atoms with E-state index in [0.717, 1.165) is 31.2 Å². The van der Waals surface area contributed by atoms with Crippen LogP contribution in [-0.4, -0.2) is 35.2 Å². The third-order valence-electron chi connectivity index (χ3n) is 9.58. The van der Waals surface area contributed by atoms with Gasteiger partial charge in [-0.25, -0.2) is 0 Å². The highest BCUT2D eigenvalue weighted by Gasteiger charge is 2.25. The molecule has 0 saturated heterocycles. The van der Waals surface area contributed by atoms with Crippen LogP contribution < -0.4 is 5.32 Å². The first-order chi connectivity index (χ1) is 22.2. The molecule has 46 heavy (non-hydrogen) atoms. The van der Waals surface area contributed by atoms with Crippen LogP contribution in [0.3, 0.4) is 0 Å². The Kier molecular flexibility index (Phi) is 11.5. The van der Waals surface area contributed by atoms with Crippen molar-refractivity contribution in [3.05, 3.63) is 141 Å². The molecule has 2 aromatic carbocycles. The lowest BCUT2D eigenvalue weighted by Gasteiger charge is -2.32. The van der Waals surface area contributed by atoms with Crippen molar-refractivity contribution in [1.29, 1.82) is 0 Å². The van der Waals surface area contributed by atoms with Gasteiger partial charge in [-0.3, -0.25) is 19.7 Å². The Labute approximate surface area is 275 Å². The number of carbonyl (C=O) groups is 1. The van der Waals surface area contributed by atoms with Gasteiger partial charge in [0.1, 0.15) is 6.29 Å². The van der Waals surface area contributed by atoms with E-state index in [0.29, 0.717) is 12.1 Å². The van der Waals surface area contributed by atoms with E-state index >= 15 is 0 Å². The Balaban J connectivity index is 0.000000147. The Morgan fingerprint density at radius 1 is 0.804 bits per heavy atom. The molecule has 238 valence electrons. The summed E-state index contributed by atoms with van der Waals surface area (Å²) in [6, 6.07) is 22.0. The van der Waals surface area contributed by atoms with E-state index in [4.69, 9.17) is 0 Å². The third-order valence-corrected chi connectivity index (χ3v) is 9.58. The maximum atomic E-state index is 10.5. The van der Waals surface area contributed by atoms with Crippen molar-refractivity contribution in [2.75, 3.05) is 14.1 Å². The summed E-state index contributed by atoms with van der Waals surface area (Å²) in [6.45, 7) is 1.01. The number of pyridine rings is 2. The van der Waals surface area contributed by atoms with Gasteiger partial charge in [-0.15, -0.1) is 0 Å². The summed E-state index contributed by atoms with van der Waals surface area (Å²) in [5.74, 6) is 0. The number of benzene rings is 2. The lowest BCUT2D eigenvalue weighted by Crippen LogP contribution is -2.28. The standard InChI is InChI=1S/C20H22N2.C10H14N2.C10H8O.CH4/c1-22(14-17-9-2-6-15-7-3-11-18(15)17)19-12-4-8-16-10-5-13-21-20(16)19;1-11-9-6-2-4-8-5-3-7-12-10(8)9;11-7-9-5-1-3-8-4-2-6-10(8)9;/h2-3,5-7,9-10,13,19H,4,8,11-12,14H2,1H3;3,5,7,9,11H,2,4,6H2,1H3;1-5,7H,6H2;1H4. The number of fused-ring (bicyclic) bond motifs is 4. The summed E-state index contributed by atoms with van der Waals surface area (Å²) in [4.78, 5) is 22.1. The van der Waals surface area contributed by atoms with E-state index < -0.39 is 0 Å². The van der Waals surface area contributed by atoms with Gasteiger partial charge in [0.15, 0.2) is 0 Å². The van der Waals surface area contributed by atoms with Crippen LogP contribution in [0.5, 0.6) is 0 Å². The van der Waals surface area contributed by atoms with Crippen LogP contribution in [0.4, 0.5) is 0 Å². The number of nitrogens with zero attached hydrogens (tertiary/aromatic N) is 3. The molecule has 2 unspecified atom stereocenters. The van der Waals surface area contributed by atoms with E-state index in [1.165, 1.54) is 88.9 Å². The van der Waals surface area contributed by atoms with Crippen molar-refractivity contribution >= 4 is 18.4 Å². The van der Waals surface area contributed by atoms with Crippen molar-refractivity contribution in [1.82, 2.24) is 20.2 Å². The van der Waals surface area contributed by atoms with Crippen LogP contribution in [0.25, 0.3) is 12.2 Å². The molecule has 0 saturated carbocycles. The van der Waals surface area contributed by atoms with Crippen LogP contribution in [0.2, 0.25) is 0 Å². The predicted molar refractivity (Wildman–Crippen MR) is 191 cm³/mol. The number of aromatic nitrogens is 2. The normalized spacial score (nSPS) is 18.1. The molecule has 0 aliphatic heterocycles. The zero-order valence-corrected chi connectivity index (χ0v) is 26.6. The molecule has 0 fully saturated rings. The number of nitrogens with one attached hydrogen (secondary N) is 1. The largest absolute Gasteiger partial charge is 0.312 e. The molecule has 0 spiro atoms. The summed E-state index contributed by atoms with van der Waals surface area (Å²) in [7, 11) is 4.25. The van der Waals surface area contributed by atoms with E-state index in [1.807, 2.05) is 43.7 Å². The molecule has 8 rings (SSSR count). The minimum Gasteiger partial charge on any atom is -0.312 e. The first-order valence-electron chi connectivity index (χ1n) is 16.4. The summed E-state index contributed by atoms with van der Waals surface area (Å²) in [6.07, 6.45) is 22.8. The number of rotatable bonds is 5. The molecular weight excluding hydrogens is 564 g/mol. The van der Waals surface area contributed by atoms with E-state index in [2.05, 4.69) is 87.9 Å². The highest BCUT2D eigenvalue weighted by molar-refractivity contribution is 5.81. The minimum absolute atomic E-state index is 0. The van der Waals surface area contributed by atoms with Crippen LogP contribution >= 0.6 is 0 Å². The average molecular weight is 613 g/mol. The Morgan fingerprint density at radius 3 is 2.15 bits per heavy atom. The molecule has 0 radical (unpaired) electrons.